The van der Waals surface area contributed by atoms with Gasteiger partial charge >= 0.3 is 11.1 Å². The van der Waals surface area contributed by atoms with E-state index in [0.717, 1.165) is 11.3 Å². The van der Waals surface area contributed by atoms with Gasteiger partial charge in [-0.1, -0.05) is 12.1 Å². The molecule has 2 heterocycles. The number of hydrogen-bond acceptors (Lipinski definition) is 5. The number of methoxy groups -OCH3 is 1. The van der Waals surface area contributed by atoms with Gasteiger partial charge in [0.15, 0.2) is 0 Å². The van der Waals surface area contributed by atoms with E-state index in [1.165, 1.54) is 4.57 Å². The number of benzene rings is 2. The molecule has 9 heteroatoms. The van der Waals surface area contributed by atoms with E-state index in [4.69, 9.17) is 4.74 Å². The van der Waals surface area contributed by atoms with Crippen LogP contribution in [0.1, 0.15) is 29.3 Å². The largest absolute Gasteiger partial charge is 0.497 e. The zero-order chi connectivity index (χ0) is 24.2. The number of aryl methyl sites for hydroxylation is 2. The van der Waals surface area contributed by atoms with Crippen LogP contribution in [0.25, 0.3) is 11.0 Å². The lowest BCUT2D eigenvalue weighted by Gasteiger charge is -2.35. The minimum Gasteiger partial charge on any atom is -0.497 e. The highest BCUT2D eigenvalue weighted by atomic mass is 16.5. The second-order valence-corrected chi connectivity index (χ2v) is 8.26. The normalized spacial score (nSPS) is 13.8. The molecule has 0 spiro atoms. The fraction of sp³-hybridized carbons (Fsp3) is 0.360. The molecule has 1 fully saturated rings. The third kappa shape index (κ3) is 4.73. The van der Waals surface area contributed by atoms with Gasteiger partial charge in [0, 0.05) is 44.7 Å². The quantitative estimate of drug-likeness (QED) is 0.559. The first-order valence-electron chi connectivity index (χ1n) is 11.4. The first kappa shape index (κ1) is 23.3. The van der Waals surface area contributed by atoms with Gasteiger partial charge in [-0.25, -0.2) is 0 Å². The molecule has 34 heavy (non-hydrogen) atoms. The van der Waals surface area contributed by atoms with Gasteiger partial charge in [-0.3, -0.25) is 19.2 Å². The predicted molar refractivity (Wildman–Crippen MR) is 128 cm³/mol. The number of nitrogens with one attached hydrogen (secondary N) is 1. The predicted octanol–water partition coefficient (Wildman–Crippen LogP) is 1.64. The Bertz CT molecular complexity index is 1320. The van der Waals surface area contributed by atoms with E-state index in [1.807, 2.05) is 24.3 Å². The van der Waals surface area contributed by atoms with Crippen molar-refractivity contribution in [3.05, 3.63) is 74.3 Å². The van der Waals surface area contributed by atoms with Crippen LogP contribution in [0.4, 0.5) is 0 Å². The molecule has 0 aliphatic carbocycles. The van der Waals surface area contributed by atoms with Crippen molar-refractivity contribution in [2.45, 2.75) is 26.3 Å². The lowest BCUT2D eigenvalue weighted by atomic mass is 10.1. The summed E-state index contributed by atoms with van der Waals surface area (Å²) in [5, 5.41) is 0. The zero-order valence-corrected chi connectivity index (χ0v) is 19.4. The van der Waals surface area contributed by atoms with Crippen LogP contribution in [0, 0.1) is 0 Å². The highest BCUT2D eigenvalue weighted by molar-refractivity contribution is 5.97. The number of aromatic amines is 1. The summed E-state index contributed by atoms with van der Waals surface area (Å²) in [5.74, 6) is 0.694. The zero-order valence-electron chi connectivity index (χ0n) is 19.4. The van der Waals surface area contributed by atoms with E-state index < -0.39 is 11.1 Å². The summed E-state index contributed by atoms with van der Waals surface area (Å²) in [6, 6.07) is 12.6. The maximum absolute atomic E-state index is 13.0. The van der Waals surface area contributed by atoms with Crippen molar-refractivity contribution in [2.24, 2.45) is 0 Å². The van der Waals surface area contributed by atoms with Gasteiger partial charge in [0.25, 0.3) is 5.91 Å². The van der Waals surface area contributed by atoms with Crippen molar-refractivity contribution in [3.8, 4) is 5.75 Å². The van der Waals surface area contributed by atoms with Crippen LogP contribution in [0.3, 0.4) is 0 Å². The Kier molecular flexibility index (Phi) is 6.81. The lowest BCUT2D eigenvalue weighted by Crippen LogP contribution is -2.50. The van der Waals surface area contributed by atoms with Crippen LogP contribution in [0.5, 0.6) is 5.75 Å². The molecule has 0 radical (unpaired) electrons. The number of rotatable bonds is 6. The lowest BCUT2D eigenvalue weighted by molar-refractivity contribution is -0.132. The Morgan fingerprint density at radius 2 is 1.65 bits per heavy atom. The third-order valence-electron chi connectivity index (χ3n) is 6.24. The van der Waals surface area contributed by atoms with E-state index in [2.05, 4.69) is 4.98 Å². The summed E-state index contributed by atoms with van der Waals surface area (Å²) >= 11 is 0. The van der Waals surface area contributed by atoms with Gasteiger partial charge in [-0.05, 0) is 49.2 Å². The van der Waals surface area contributed by atoms with Crippen LogP contribution in [-0.2, 0) is 17.8 Å². The number of nitrogens with zero attached hydrogens (tertiary/aromatic N) is 3. The fourth-order valence-electron chi connectivity index (χ4n) is 4.27. The van der Waals surface area contributed by atoms with Gasteiger partial charge < -0.3 is 24.1 Å². The van der Waals surface area contributed by atoms with Gasteiger partial charge in [0.05, 0.1) is 18.1 Å². The fourth-order valence-corrected chi connectivity index (χ4v) is 4.27. The molecule has 0 unspecified atom stereocenters. The number of carbonyl (C=O) groups is 2. The minimum absolute atomic E-state index is 0.0729. The van der Waals surface area contributed by atoms with E-state index in [1.54, 1.807) is 42.0 Å². The first-order valence-corrected chi connectivity index (χ1v) is 11.4. The Morgan fingerprint density at radius 3 is 2.29 bits per heavy atom. The third-order valence-corrected chi connectivity index (χ3v) is 6.24. The number of amides is 2. The number of H-pyrrole nitrogens is 1. The molecule has 1 aromatic heterocycles. The number of ether oxygens (including phenoxy) is 1. The Balaban J connectivity index is 1.37. The monoisotopic (exact) mass is 464 g/mol. The van der Waals surface area contributed by atoms with E-state index in [-0.39, 0.29) is 11.8 Å². The SMILES string of the molecule is CCn1c(=O)c(=O)[nH]c2cc(C(=O)N3CCN(C(=O)CCc4ccc(OC)cc4)CC3)ccc21. The van der Waals surface area contributed by atoms with Crippen molar-refractivity contribution in [2.75, 3.05) is 33.3 Å². The number of aromatic nitrogens is 2. The van der Waals surface area contributed by atoms with Crippen LogP contribution >= 0.6 is 0 Å². The average Bonchev–Trinajstić information content (AvgIpc) is 2.87. The van der Waals surface area contributed by atoms with Crippen molar-refractivity contribution in [1.29, 1.82) is 0 Å². The maximum atomic E-state index is 13.0. The molecule has 0 saturated carbocycles. The van der Waals surface area contributed by atoms with Crippen LogP contribution < -0.4 is 15.9 Å². The number of fused-ring (bicyclic) bond motifs is 1. The summed E-state index contributed by atoms with van der Waals surface area (Å²) in [6.07, 6.45) is 1.07. The highest BCUT2D eigenvalue weighted by Crippen LogP contribution is 2.16. The van der Waals surface area contributed by atoms with E-state index >= 15 is 0 Å². The van der Waals surface area contributed by atoms with Crippen molar-refractivity contribution >= 4 is 22.8 Å². The van der Waals surface area contributed by atoms with Crippen LogP contribution in [0.15, 0.2) is 52.1 Å². The van der Waals surface area contributed by atoms with Gasteiger partial charge in [-0.15, -0.1) is 0 Å². The van der Waals surface area contributed by atoms with E-state index in [0.29, 0.717) is 62.2 Å². The first-order chi connectivity index (χ1) is 16.4. The van der Waals surface area contributed by atoms with Crippen LogP contribution in [0.2, 0.25) is 0 Å². The summed E-state index contributed by atoms with van der Waals surface area (Å²) in [6.45, 7) is 3.99. The molecular formula is C25H28N4O5. The van der Waals surface area contributed by atoms with Crippen molar-refractivity contribution in [3.63, 3.8) is 0 Å². The number of piperazine rings is 1. The molecule has 1 N–H and O–H groups in total. The standard InChI is InChI=1S/C25H28N4O5/c1-3-29-21-10-7-18(16-20(21)26-23(31)25(29)33)24(32)28-14-12-27(13-15-28)22(30)11-6-17-4-8-19(34-2)9-5-17/h4-5,7-10,16H,3,6,11-15H2,1-2H3,(H,26,31). The molecule has 2 aromatic carbocycles. The molecule has 4 rings (SSSR count). The van der Waals surface area contributed by atoms with Gasteiger partial charge in [0.2, 0.25) is 5.91 Å². The second kappa shape index (κ2) is 9.94. The molecule has 1 aliphatic rings. The molecular weight excluding hydrogens is 436 g/mol. The second-order valence-electron chi connectivity index (χ2n) is 8.26. The number of hydrogen-bond donors (Lipinski definition) is 1. The van der Waals surface area contributed by atoms with Gasteiger partial charge in [0.1, 0.15) is 5.75 Å². The summed E-state index contributed by atoms with van der Waals surface area (Å²) in [4.78, 5) is 55.7. The maximum Gasteiger partial charge on any atom is 0.316 e. The van der Waals surface area contributed by atoms with Gasteiger partial charge in [-0.2, -0.15) is 0 Å². The summed E-state index contributed by atoms with van der Waals surface area (Å²) in [5.41, 5.74) is 1.22. The molecule has 178 valence electrons. The van der Waals surface area contributed by atoms with Crippen LogP contribution in [-0.4, -0.2) is 64.5 Å². The van der Waals surface area contributed by atoms with Crippen molar-refractivity contribution < 1.29 is 14.3 Å². The molecule has 3 aromatic rings. The number of carbonyl (C=O) groups excluding carboxylic acids is 2. The Labute approximate surface area is 196 Å². The smallest absolute Gasteiger partial charge is 0.316 e. The minimum atomic E-state index is -0.708. The Hall–Kier alpha value is -3.88. The Morgan fingerprint density at radius 1 is 0.971 bits per heavy atom. The summed E-state index contributed by atoms with van der Waals surface area (Å²) in [7, 11) is 1.62. The average molecular weight is 465 g/mol. The summed E-state index contributed by atoms with van der Waals surface area (Å²) < 4.78 is 6.54. The molecule has 1 saturated heterocycles. The molecule has 2 amide bonds. The molecule has 0 bridgehead atoms. The molecule has 9 nitrogen and oxygen atoms in total. The highest BCUT2D eigenvalue weighted by Gasteiger charge is 2.25. The van der Waals surface area contributed by atoms with E-state index in [9.17, 15) is 19.2 Å². The topological polar surface area (TPSA) is 105 Å². The molecule has 0 atom stereocenters. The van der Waals surface area contributed by atoms with Crippen molar-refractivity contribution in [1.82, 2.24) is 19.4 Å². The molecule has 1 aliphatic heterocycles.